The van der Waals surface area contributed by atoms with Crippen LogP contribution in [0.1, 0.15) is 16.1 Å². The third-order valence-electron chi connectivity index (χ3n) is 4.48. The molecule has 1 aromatic heterocycles. The number of hydrogen-bond donors (Lipinski definition) is 1. The number of carbonyl (C=O) groups excluding carboxylic acids is 4. The Morgan fingerprint density at radius 2 is 1.77 bits per heavy atom. The van der Waals surface area contributed by atoms with Gasteiger partial charge in [0.1, 0.15) is 22.9 Å². The van der Waals surface area contributed by atoms with Gasteiger partial charge in [0.25, 0.3) is 11.8 Å². The number of amides is 4. The second-order valence-corrected chi connectivity index (χ2v) is 6.50. The van der Waals surface area contributed by atoms with Crippen molar-refractivity contribution < 1.29 is 33.1 Å². The topological polar surface area (TPSA) is 120 Å². The van der Waals surface area contributed by atoms with Crippen LogP contribution in [-0.4, -0.2) is 23.8 Å². The van der Waals surface area contributed by atoms with Gasteiger partial charge in [0.2, 0.25) is 0 Å². The number of carboxylic acids is 1. The number of halogens is 1. The van der Waals surface area contributed by atoms with Crippen molar-refractivity contribution in [2.45, 2.75) is 0 Å². The van der Waals surface area contributed by atoms with Crippen molar-refractivity contribution in [1.29, 1.82) is 0 Å². The van der Waals surface area contributed by atoms with Gasteiger partial charge >= 0.3 is 6.03 Å². The summed E-state index contributed by atoms with van der Waals surface area (Å²) in [4.78, 5) is 48.9. The number of imide groups is 2. The fourth-order valence-electron chi connectivity index (χ4n) is 3.01. The maximum atomic E-state index is 13.2. The molecule has 0 spiro atoms. The summed E-state index contributed by atoms with van der Waals surface area (Å²) >= 11 is 0. The summed E-state index contributed by atoms with van der Waals surface area (Å²) in [5.74, 6) is -3.29. The number of barbiturate groups is 1. The molecule has 1 saturated heterocycles. The predicted molar refractivity (Wildman–Crippen MR) is 104 cm³/mol. The first-order valence-electron chi connectivity index (χ1n) is 8.92. The number of anilines is 1. The van der Waals surface area contributed by atoms with Crippen LogP contribution in [0.15, 0.2) is 70.7 Å². The Bertz CT molecular complexity index is 1260. The lowest BCUT2D eigenvalue weighted by Gasteiger charge is -2.26. The summed E-state index contributed by atoms with van der Waals surface area (Å²) in [7, 11) is 0. The lowest BCUT2D eigenvalue weighted by Crippen LogP contribution is -2.54. The van der Waals surface area contributed by atoms with Crippen LogP contribution < -0.4 is 15.3 Å². The van der Waals surface area contributed by atoms with E-state index in [0.717, 1.165) is 18.2 Å². The van der Waals surface area contributed by atoms with Crippen molar-refractivity contribution in [3.63, 3.8) is 0 Å². The van der Waals surface area contributed by atoms with E-state index >= 15 is 0 Å². The molecule has 8 nitrogen and oxygen atoms in total. The molecule has 3 aromatic rings. The van der Waals surface area contributed by atoms with E-state index in [1.54, 1.807) is 6.07 Å². The highest BCUT2D eigenvalue weighted by atomic mass is 19.1. The number of nitrogens with zero attached hydrogens (tertiary/aromatic N) is 1. The molecule has 154 valence electrons. The first kappa shape index (κ1) is 19.8. The van der Waals surface area contributed by atoms with Crippen molar-refractivity contribution in [3.05, 3.63) is 83.4 Å². The third kappa shape index (κ3) is 3.84. The Hall–Kier alpha value is -4.53. The Morgan fingerprint density at radius 3 is 2.48 bits per heavy atom. The monoisotopic (exact) mass is 419 g/mol. The average molecular weight is 419 g/mol. The smallest absolute Gasteiger partial charge is 0.335 e. The Balaban J connectivity index is 1.66. The van der Waals surface area contributed by atoms with Crippen molar-refractivity contribution >= 4 is 35.6 Å². The van der Waals surface area contributed by atoms with Crippen LogP contribution in [-0.2, 0) is 9.59 Å². The quantitative estimate of drug-likeness (QED) is 0.511. The summed E-state index contributed by atoms with van der Waals surface area (Å²) in [6.45, 7) is 0. The first-order chi connectivity index (χ1) is 14.8. The van der Waals surface area contributed by atoms with E-state index in [1.807, 2.05) is 0 Å². The van der Waals surface area contributed by atoms with E-state index in [0.29, 0.717) is 16.2 Å². The molecule has 1 fully saturated rings. The number of carbonyl (C=O) groups is 4. The molecule has 1 aliphatic heterocycles. The number of aromatic carboxylic acids is 1. The fourth-order valence-corrected chi connectivity index (χ4v) is 3.01. The van der Waals surface area contributed by atoms with E-state index in [-0.39, 0.29) is 22.6 Å². The molecule has 1 aliphatic rings. The minimum absolute atomic E-state index is 0.0379. The van der Waals surface area contributed by atoms with Gasteiger partial charge in [0.15, 0.2) is 0 Å². The summed E-state index contributed by atoms with van der Waals surface area (Å²) in [5.41, 5.74) is 0.132. The van der Waals surface area contributed by atoms with Gasteiger partial charge in [-0.25, -0.2) is 14.1 Å². The summed E-state index contributed by atoms with van der Waals surface area (Å²) in [6.07, 6.45) is 1.16. The molecule has 1 N–H and O–H groups in total. The number of hydrogen-bond acceptors (Lipinski definition) is 6. The molecule has 9 heteroatoms. The second-order valence-electron chi connectivity index (χ2n) is 6.50. The van der Waals surface area contributed by atoms with Gasteiger partial charge in [0, 0.05) is 5.56 Å². The number of rotatable bonds is 4. The van der Waals surface area contributed by atoms with E-state index in [1.165, 1.54) is 42.5 Å². The Morgan fingerprint density at radius 1 is 1.03 bits per heavy atom. The molecule has 4 amide bonds. The zero-order valence-corrected chi connectivity index (χ0v) is 15.6. The van der Waals surface area contributed by atoms with Crippen LogP contribution >= 0.6 is 0 Å². The first-order valence-corrected chi connectivity index (χ1v) is 8.92. The fraction of sp³-hybridized carbons (Fsp3) is 0. The largest absolute Gasteiger partial charge is 0.545 e. The maximum absolute atomic E-state index is 13.2. The van der Waals surface area contributed by atoms with Gasteiger partial charge in [0.05, 0.1) is 11.7 Å². The SMILES string of the molecule is O=C1NC(=O)N(c2ccc(F)cc2)C(=O)/C1=C\c1ccc(-c2cccc(C(=O)[O-])c2)o1. The molecule has 0 unspecified atom stereocenters. The van der Waals surface area contributed by atoms with Gasteiger partial charge in [-0.15, -0.1) is 0 Å². The predicted octanol–water partition coefficient (Wildman–Crippen LogP) is 2.12. The van der Waals surface area contributed by atoms with Crippen molar-refractivity contribution in [3.8, 4) is 11.3 Å². The van der Waals surface area contributed by atoms with Gasteiger partial charge < -0.3 is 14.3 Å². The van der Waals surface area contributed by atoms with Crippen LogP contribution in [0.5, 0.6) is 0 Å². The minimum atomic E-state index is -1.34. The molecule has 0 atom stereocenters. The molecule has 2 heterocycles. The van der Waals surface area contributed by atoms with Gasteiger partial charge in [-0.3, -0.25) is 14.9 Å². The van der Waals surface area contributed by atoms with E-state index in [2.05, 4.69) is 5.32 Å². The standard InChI is InChI=1S/C22H13FN2O6/c23-14-4-6-15(7-5-14)25-20(27)17(19(26)24-22(25)30)11-16-8-9-18(31-16)12-2-1-3-13(10-12)21(28)29/h1-11H,(H,28,29)(H,24,26,30)/p-1/b17-11-. The zero-order valence-electron chi connectivity index (χ0n) is 15.6. The molecular weight excluding hydrogens is 407 g/mol. The number of nitrogens with one attached hydrogen (secondary N) is 1. The van der Waals surface area contributed by atoms with Crippen LogP contribution in [0.4, 0.5) is 14.9 Å². The van der Waals surface area contributed by atoms with Crippen LogP contribution in [0.3, 0.4) is 0 Å². The van der Waals surface area contributed by atoms with Crippen LogP contribution in [0, 0.1) is 5.82 Å². The van der Waals surface area contributed by atoms with Gasteiger partial charge in [-0.2, -0.15) is 0 Å². The number of urea groups is 1. The van der Waals surface area contributed by atoms with Gasteiger partial charge in [-0.05, 0) is 54.1 Å². The Kier molecular flexibility index (Phi) is 4.92. The number of furan rings is 1. The molecule has 2 aromatic carbocycles. The van der Waals surface area contributed by atoms with Crippen molar-refractivity contribution in [2.24, 2.45) is 0 Å². The molecule has 0 radical (unpaired) electrons. The second kappa shape index (κ2) is 7.71. The minimum Gasteiger partial charge on any atom is -0.545 e. The lowest BCUT2D eigenvalue weighted by molar-refractivity contribution is -0.255. The molecular formula is C22H12FN2O6-. The average Bonchev–Trinajstić information content (AvgIpc) is 3.21. The van der Waals surface area contributed by atoms with Gasteiger partial charge in [-0.1, -0.05) is 18.2 Å². The molecule has 0 bridgehead atoms. The highest BCUT2D eigenvalue weighted by molar-refractivity contribution is 6.39. The van der Waals surface area contributed by atoms with Crippen LogP contribution in [0.25, 0.3) is 17.4 Å². The number of benzene rings is 2. The van der Waals surface area contributed by atoms with Crippen molar-refractivity contribution in [2.75, 3.05) is 4.90 Å². The maximum Gasteiger partial charge on any atom is 0.335 e. The third-order valence-corrected chi connectivity index (χ3v) is 4.48. The molecule has 4 rings (SSSR count). The summed E-state index contributed by atoms with van der Waals surface area (Å²) in [6, 6.07) is 12.5. The normalized spacial score (nSPS) is 15.3. The Labute approximate surface area is 174 Å². The zero-order chi connectivity index (χ0) is 22.1. The summed E-state index contributed by atoms with van der Waals surface area (Å²) < 4.78 is 18.8. The van der Waals surface area contributed by atoms with E-state index < -0.39 is 29.6 Å². The highest BCUT2D eigenvalue weighted by Gasteiger charge is 2.37. The lowest BCUT2D eigenvalue weighted by atomic mass is 10.1. The van der Waals surface area contributed by atoms with E-state index in [4.69, 9.17) is 4.42 Å². The molecule has 0 aliphatic carbocycles. The highest BCUT2D eigenvalue weighted by Crippen LogP contribution is 2.26. The molecule has 0 saturated carbocycles. The summed E-state index contributed by atoms with van der Waals surface area (Å²) in [5, 5.41) is 13.1. The molecule has 31 heavy (non-hydrogen) atoms. The number of carboxylic acid groups (broad SMARTS) is 1. The van der Waals surface area contributed by atoms with Crippen LogP contribution in [0.2, 0.25) is 0 Å². The van der Waals surface area contributed by atoms with Crippen molar-refractivity contribution in [1.82, 2.24) is 5.32 Å². The van der Waals surface area contributed by atoms with E-state index in [9.17, 15) is 28.7 Å².